The second kappa shape index (κ2) is 8.56. The molecule has 3 rings (SSSR count). The SMILES string of the molecule is CCOc1ccc(C(C)=O)cc1NC(=O)c1cc(C(C)=O)cc(-c2ccoc2)c1. The first-order valence-corrected chi connectivity index (χ1v) is 9.16. The Morgan fingerprint density at radius 3 is 2.24 bits per heavy atom. The molecule has 29 heavy (non-hydrogen) atoms. The molecule has 0 saturated heterocycles. The van der Waals surface area contributed by atoms with Crippen molar-refractivity contribution in [2.75, 3.05) is 11.9 Å². The molecule has 1 N–H and O–H groups in total. The van der Waals surface area contributed by atoms with Crippen LogP contribution in [0.2, 0.25) is 0 Å². The summed E-state index contributed by atoms with van der Waals surface area (Å²) in [6.45, 7) is 5.14. The zero-order valence-corrected chi connectivity index (χ0v) is 16.4. The number of Topliss-reactive ketones (excluding diaryl/α,β-unsaturated/α-hetero) is 2. The molecule has 1 heterocycles. The van der Waals surface area contributed by atoms with Gasteiger partial charge in [-0.3, -0.25) is 14.4 Å². The van der Waals surface area contributed by atoms with Crippen LogP contribution in [0.15, 0.2) is 59.4 Å². The lowest BCUT2D eigenvalue weighted by molar-refractivity contribution is 0.100. The van der Waals surface area contributed by atoms with Crippen LogP contribution in [-0.2, 0) is 0 Å². The van der Waals surface area contributed by atoms with Gasteiger partial charge in [0.05, 0.1) is 24.8 Å². The number of benzene rings is 2. The molecule has 0 aliphatic heterocycles. The van der Waals surface area contributed by atoms with Crippen LogP contribution in [0.1, 0.15) is 51.8 Å². The molecule has 0 aliphatic carbocycles. The van der Waals surface area contributed by atoms with Crippen molar-refractivity contribution in [3.63, 3.8) is 0 Å². The van der Waals surface area contributed by atoms with Crippen LogP contribution in [0.4, 0.5) is 5.69 Å². The van der Waals surface area contributed by atoms with Crippen LogP contribution in [0.5, 0.6) is 5.75 Å². The van der Waals surface area contributed by atoms with Crippen molar-refractivity contribution in [1.29, 1.82) is 0 Å². The molecule has 1 amide bonds. The number of hydrogen-bond acceptors (Lipinski definition) is 5. The van der Waals surface area contributed by atoms with Gasteiger partial charge in [-0.25, -0.2) is 0 Å². The van der Waals surface area contributed by atoms with Gasteiger partial charge in [-0.1, -0.05) is 0 Å². The summed E-state index contributed by atoms with van der Waals surface area (Å²) in [5, 5.41) is 2.79. The van der Waals surface area contributed by atoms with Crippen LogP contribution in [0.3, 0.4) is 0 Å². The quantitative estimate of drug-likeness (QED) is 0.573. The molecule has 6 heteroatoms. The van der Waals surface area contributed by atoms with Crippen molar-refractivity contribution in [3.8, 4) is 16.9 Å². The molecule has 3 aromatic rings. The van der Waals surface area contributed by atoms with Crippen LogP contribution < -0.4 is 10.1 Å². The van der Waals surface area contributed by atoms with E-state index in [2.05, 4.69) is 5.32 Å². The minimum absolute atomic E-state index is 0.121. The summed E-state index contributed by atoms with van der Waals surface area (Å²) < 4.78 is 10.7. The lowest BCUT2D eigenvalue weighted by Crippen LogP contribution is -2.14. The van der Waals surface area contributed by atoms with E-state index < -0.39 is 5.91 Å². The van der Waals surface area contributed by atoms with Crippen molar-refractivity contribution >= 4 is 23.2 Å². The first kappa shape index (κ1) is 20.1. The van der Waals surface area contributed by atoms with Gasteiger partial charge in [0.25, 0.3) is 5.91 Å². The van der Waals surface area contributed by atoms with Crippen molar-refractivity contribution in [3.05, 3.63) is 71.7 Å². The highest BCUT2D eigenvalue weighted by Crippen LogP contribution is 2.28. The molecular weight excluding hydrogens is 370 g/mol. The molecule has 0 radical (unpaired) electrons. The van der Waals surface area contributed by atoms with Gasteiger partial charge >= 0.3 is 0 Å². The fourth-order valence-electron chi connectivity index (χ4n) is 2.88. The number of ether oxygens (including phenoxy) is 1. The molecule has 6 nitrogen and oxygen atoms in total. The van der Waals surface area contributed by atoms with Crippen LogP contribution in [0, 0.1) is 0 Å². The van der Waals surface area contributed by atoms with Gasteiger partial charge in [0, 0.05) is 22.3 Å². The minimum Gasteiger partial charge on any atom is -0.492 e. The Balaban J connectivity index is 2.00. The number of amides is 1. The van der Waals surface area contributed by atoms with Gasteiger partial charge in [0.15, 0.2) is 11.6 Å². The molecule has 0 saturated carbocycles. The van der Waals surface area contributed by atoms with E-state index in [0.717, 1.165) is 5.56 Å². The summed E-state index contributed by atoms with van der Waals surface area (Å²) >= 11 is 0. The van der Waals surface area contributed by atoms with E-state index in [9.17, 15) is 14.4 Å². The van der Waals surface area contributed by atoms with E-state index in [1.54, 1.807) is 42.7 Å². The van der Waals surface area contributed by atoms with E-state index in [1.165, 1.54) is 26.2 Å². The largest absolute Gasteiger partial charge is 0.492 e. The number of anilines is 1. The first-order valence-electron chi connectivity index (χ1n) is 9.16. The third-order valence-corrected chi connectivity index (χ3v) is 4.39. The fraction of sp³-hybridized carbons (Fsp3) is 0.174. The van der Waals surface area contributed by atoms with Gasteiger partial charge in [0.2, 0.25) is 0 Å². The average molecular weight is 391 g/mol. The lowest BCUT2D eigenvalue weighted by Gasteiger charge is -2.13. The van der Waals surface area contributed by atoms with Crippen molar-refractivity contribution < 1.29 is 23.5 Å². The molecular formula is C23H21NO5. The second-order valence-electron chi connectivity index (χ2n) is 6.52. The van der Waals surface area contributed by atoms with Crippen molar-refractivity contribution in [2.24, 2.45) is 0 Å². The Hall–Kier alpha value is -3.67. The Bertz CT molecular complexity index is 1070. The third kappa shape index (κ3) is 4.60. The summed E-state index contributed by atoms with van der Waals surface area (Å²) in [6, 6.07) is 11.6. The van der Waals surface area contributed by atoms with E-state index in [-0.39, 0.29) is 11.6 Å². The molecule has 0 atom stereocenters. The molecule has 0 unspecified atom stereocenters. The summed E-state index contributed by atoms with van der Waals surface area (Å²) in [4.78, 5) is 36.6. The summed E-state index contributed by atoms with van der Waals surface area (Å²) in [5.41, 5.74) is 3.03. The van der Waals surface area contributed by atoms with Crippen LogP contribution in [0.25, 0.3) is 11.1 Å². The Morgan fingerprint density at radius 1 is 0.897 bits per heavy atom. The molecule has 0 aliphatic rings. The van der Waals surface area contributed by atoms with Crippen LogP contribution in [-0.4, -0.2) is 24.1 Å². The van der Waals surface area contributed by atoms with E-state index in [4.69, 9.17) is 9.15 Å². The number of ketones is 2. The molecule has 0 spiro atoms. The smallest absolute Gasteiger partial charge is 0.255 e. The number of rotatable bonds is 7. The topological polar surface area (TPSA) is 85.6 Å². The highest BCUT2D eigenvalue weighted by molar-refractivity contribution is 6.08. The maximum Gasteiger partial charge on any atom is 0.255 e. The summed E-state index contributed by atoms with van der Waals surface area (Å²) in [6.07, 6.45) is 3.07. The molecule has 1 aromatic heterocycles. The van der Waals surface area contributed by atoms with Gasteiger partial charge in [-0.05, 0) is 68.8 Å². The monoisotopic (exact) mass is 391 g/mol. The van der Waals surface area contributed by atoms with Gasteiger partial charge in [-0.15, -0.1) is 0 Å². The van der Waals surface area contributed by atoms with E-state index in [1.807, 2.05) is 6.92 Å². The highest BCUT2D eigenvalue weighted by atomic mass is 16.5. The zero-order valence-electron chi connectivity index (χ0n) is 16.4. The Labute approximate surface area is 168 Å². The lowest BCUT2D eigenvalue weighted by atomic mass is 9.99. The fourth-order valence-corrected chi connectivity index (χ4v) is 2.88. The average Bonchev–Trinajstić information content (AvgIpc) is 3.23. The Morgan fingerprint density at radius 2 is 1.62 bits per heavy atom. The van der Waals surface area contributed by atoms with Gasteiger partial charge in [-0.2, -0.15) is 0 Å². The standard InChI is InChI=1S/C23H21NO5/c1-4-29-22-6-5-16(14(2)25)12-21(22)24-23(27)20-10-18(15(3)26)9-19(11-20)17-7-8-28-13-17/h5-13H,4H2,1-3H3,(H,24,27). The van der Waals surface area contributed by atoms with E-state index >= 15 is 0 Å². The zero-order chi connectivity index (χ0) is 21.0. The predicted molar refractivity (Wildman–Crippen MR) is 110 cm³/mol. The maximum absolute atomic E-state index is 13.0. The minimum atomic E-state index is -0.417. The predicted octanol–water partition coefficient (Wildman–Crippen LogP) is 5.00. The van der Waals surface area contributed by atoms with E-state index in [0.29, 0.717) is 40.3 Å². The first-order chi connectivity index (χ1) is 13.9. The third-order valence-electron chi connectivity index (χ3n) is 4.39. The molecule has 2 aromatic carbocycles. The number of carbonyl (C=O) groups excluding carboxylic acids is 3. The molecule has 148 valence electrons. The summed E-state index contributed by atoms with van der Waals surface area (Å²) in [7, 11) is 0. The molecule has 0 fully saturated rings. The number of furan rings is 1. The van der Waals surface area contributed by atoms with Gasteiger partial charge in [0.1, 0.15) is 5.75 Å². The molecule has 0 bridgehead atoms. The Kier molecular flexibility index (Phi) is 5.93. The summed E-state index contributed by atoms with van der Waals surface area (Å²) in [5.74, 6) is -0.231. The van der Waals surface area contributed by atoms with Crippen molar-refractivity contribution in [2.45, 2.75) is 20.8 Å². The maximum atomic E-state index is 13.0. The number of hydrogen-bond donors (Lipinski definition) is 1. The normalized spacial score (nSPS) is 10.4. The highest BCUT2D eigenvalue weighted by Gasteiger charge is 2.16. The second-order valence-corrected chi connectivity index (χ2v) is 6.52. The number of nitrogens with one attached hydrogen (secondary N) is 1. The van der Waals surface area contributed by atoms with Crippen molar-refractivity contribution in [1.82, 2.24) is 0 Å². The van der Waals surface area contributed by atoms with Crippen LogP contribution >= 0.6 is 0 Å². The van der Waals surface area contributed by atoms with Gasteiger partial charge < -0.3 is 14.5 Å². The number of carbonyl (C=O) groups is 3.